The van der Waals surface area contributed by atoms with Crippen molar-refractivity contribution in [3.8, 4) is 11.5 Å². The Kier molecular flexibility index (Phi) is 6.72. The maximum absolute atomic E-state index is 13.2. The van der Waals surface area contributed by atoms with Crippen LogP contribution >= 0.6 is 0 Å². The van der Waals surface area contributed by atoms with Gasteiger partial charge in [0, 0.05) is 11.6 Å². The number of amides is 1. The maximum atomic E-state index is 13.2. The van der Waals surface area contributed by atoms with Crippen LogP contribution in [-0.2, 0) is 9.59 Å². The number of Topliss-reactive ketones (excluding diaryl/α,β-unsaturated/α-hetero) is 1. The van der Waals surface area contributed by atoms with Crippen molar-refractivity contribution in [3.63, 3.8) is 0 Å². The van der Waals surface area contributed by atoms with Crippen molar-refractivity contribution in [2.45, 2.75) is 64.6 Å². The molecule has 1 saturated carbocycles. The van der Waals surface area contributed by atoms with Crippen molar-refractivity contribution < 1.29 is 24.2 Å². The van der Waals surface area contributed by atoms with Gasteiger partial charge in [0.1, 0.15) is 17.3 Å². The molecule has 0 aromatic heterocycles. The molecule has 1 unspecified atom stereocenters. The van der Waals surface area contributed by atoms with Crippen molar-refractivity contribution in [3.05, 3.63) is 65.2 Å². The van der Waals surface area contributed by atoms with Crippen LogP contribution in [0.25, 0.3) is 5.76 Å². The first kappa shape index (κ1) is 22.9. The molecule has 2 aliphatic rings. The van der Waals surface area contributed by atoms with E-state index in [-0.39, 0.29) is 23.5 Å². The number of nitrogens with zero attached hydrogens (tertiary/aromatic N) is 1. The minimum atomic E-state index is -0.645. The summed E-state index contributed by atoms with van der Waals surface area (Å²) in [7, 11) is 0. The van der Waals surface area contributed by atoms with Crippen LogP contribution in [0.15, 0.2) is 54.1 Å². The normalized spacial score (nSPS) is 20.6. The summed E-state index contributed by atoms with van der Waals surface area (Å²) in [5, 5.41) is 11.3. The third kappa shape index (κ3) is 4.61. The molecule has 1 saturated heterocycles. The quantitative estimate of drug-likeness (QED) is 0.356. The molecule has 1 aliphatic carbocycles. The summed E-state index contributed by atoms with van der Waals surface area (Å²) in [6, 6.07) is 13.8. The SMILES string of the molecule is CCOc1ccc(C2/C(=C(/O)c3cccc(OC(C)C)c3)C(=O)C(=O)N2C2CCCC2)cc1. The monoisotopic (exact) mass is 449 g/mol. The number of likely N-dealkylation sites (tertiary alicyclic amines) is 1. The highest BCUT2D eigenvalue weighted by molar-refractivity contribution is 6.46. The zero-order chi connectivity index (χ0) is 23.5. The van der Waals surface area contributed by atoms with Gasteiger partial charge in [-0.2, -0.15) is 0 Å². The molecule has 4 rings (SSSR count). The second kappa shape index (κ2) is 9.69. The first-order chi connectivity index (χ1) is 15.9. The van der Waals surface area contributed by atoms with Gasteiger partial charge in [0.25, 0.3) is 11.7 Å². The third-order valence-corrected chi connectivity index (χ3v) is 6.18. The Morgan fingerprint density at radius 1 is 1.06 bits per heavy atom. The number of hydrogen-bond donors (Lipinski definition) is 1. The van der Waals surface area contributed by atoms with Crippen LogP contribution in [-0.4, -0.2) is 40.4 Å². The van der Waals surface area contributed by atoms with E-state index < -0.39 is 17.7 Å². The van der Waals surface area contributed by atoms with E-state index in [1.807, 2.05) is 45.0 Å². The molecule has 0 bridgehead atoms. The first-order valence-electron chi connectivity index (χ1n) is 11.7. The van der Waals surface area contributed by atoms with Crippen molar-refractivity contribution in [1.29, 1.82) is 0 Å². The standard InChI is InChI=1S/C27H31NO5/c1-4-32-21-14-12-18(13-15-21)24-23(26(30)27(31)28(24)20-9-5-6-10-20)25(29)19-8-7-11-22(16-19)33-17(2)3/h7-8,11-17,20,24,29H,4-6,9-10H2,1-3H3/b25-23-. The summed E-state index contributed by atoms with van der Waals surface area (Å²) in [6.07, 6.45) is 3.74. The summed E-state index contributed by atoms with van der Waals surface area (Å²) in [5.41, 5.74) is 1.35. The molecule has 0 radical (unpaired) electrons. The van der Waals surface area contributed by atoms with E-state index in [4.69, 9.17) is 9.47 Å². The Morgan fingerprint density at radius 3 is 2.39 bits per heavy atom. The first-order valence-corrected chi connectivity index (χ1v) is 11.7. The van der Waals surface area contributed by atoms with E-state index in [0.717, 1.165) is 37.0 Å². The molecule has 2 aromatic rings. The Labute approximate surface area is 194 Å². The van der Waals surface area contributed by atoms with Crippen LogP contribution < -0.4 is 9.47 Å². The average molecular weight is 450 g/mol. The highest BCUT2D eigenvalue weighted by Gasteiger charge is 2.49. The second-order valence-corrected chi connectivity index (χ2v) is 8.84. The molecular weight excluding hydrogens is 418 g/mol. The zero-order valence-electron chi connectivity index (χ0n) is 19.4. The fourth-order valence-corrected chi connectivity index (χ4v) is 4.79. The second-order valence-electron chi connectivity index (χ2n) is 8.84. The number of carbonyl (C=O) groups is 2. The van der Waals surface area contributed by atoms with Gasteiger partial charge < -0.3 is 19.5 Å². The fourth-order valence-electron chi connectivity index (χ4n) is 4.79. The lowest BCUT2D eigenvalue weighted by Crippen LogP contribution is -2.37. The van der Waals surface area contributed by atoms with Crippen LogP contribution in [0.3, 0.4) is 0 Å². The van der Waals surface area contributed by atoms with Gasteiger partial charge in [0.15, 0.2) is 0 Å². The predicted molar refractivity (Wildman–Crippen MR) is 126 cm³/mol. The predicted octanol–water partition coefficient (Wildman–Crippen LogP) is 5.24. The van der Waals surface area contributed by atoms with Crippen LogP contribution in [0.2, 0.25) is 0 Å². The van der Waals surface area contributed by atoms with Crippen molar-refractivity contribution >= 4 is 17.4 Å². The number of rotatable bonds is 7. The number of ether oxygens (including phenoxy) is 2. The van der Waals surface area contributed by atoms with Gasteiger partial charge in [0.2, 0.25) is 0 Å². The van der Waals surface area contributed by atoms with Crippen LogP contribution in [0.4, 0.5) is 0 Å². The van der Waals surface area contributed by atoms with Crippen molar-refractivity contribution in [2.75, 3.05) is 6.61 Å². The Bertz CT molecular complexity index is 1050. The summed E-state index contributed by atoms with van der Waals surface area (Å²) < 4.78 is 11.3. The Hall–Kier alpha value is -3.28. The number of hydrogen-bond acceptors (Lipinski definition) is 5. The molecule has 2 aromatic carbocycles. The average Bonchev–Trinajstić information content (AvgIpc) is 3.41. The molecule has 0 spiro atoms. The Morgan fingerprint density at radius 2 is 1.76 bits per heavy atom. The molecule has 33 heavy (non-hydrogen) atoms. The maximum Gasteiger partial charge on any atom is 0.295 e. The van der Waals surface area contributed by atoms with E-state index in [0.29, 0.717) is 17.9 Å². The van der Waals surface area contributed by atoms with E-state index in [1.165, 1.54) is 0 Å². The van der Waals surface area contributed by atoms with Gasteiger partial charge in [0.05, 0.1) is 24.3 Å². The van der Waals surface area contributed by atoms with Crippen LogP contribution in [0.1, 0.15) is 63.6 Å². The van der Waals surface area contributed by atoms with E-state index >= 15 is 0 Å². The van der Waals surface area contributed by atoms with Gasteiger partial charge in [-0.3, -0.25) is 9.59 Å². The highest BCUT2D eigenvalue weighted by Crippen LogP contribution is 2.43. The molecule has 1 amide bonds. The number of carbonyl (C=O) groups excluding carboxylic acids is 2. The number of aliphatic hydroxyl groups excluding tert-OH is 1. The molecule has 6 nitrogen and oxygen atoms in total. The fraction of sp³-hybridized carbons (Fsp3) is 0.407. The van der Waals surface area contributed by atoms with Gasteiger partial charge in [-0.1, -0.05) is 37.1 Å². The molecule has 174 valence electrons. The topological polar surface area (TPSA) is 76.1 Å². The van der Waals surface area contributed by atoms with E-state index in [9.17, 15) is 14.7 Å². The smallest absolute Gasteiger partial charge is 0.295 e. The summed E-state index contributed by atoms with van der Waals surface area (Å²) in [5.74, 6) is -0.0541. The molecule has 1 atom stereocenters. The van der Waals surface area contributed by atoms with Crippen LogP contribution in [0.5, 0.6) is 11.5 Å². The zero-order valence-corrected chi connectivity index (χ0v) is 19.4. The molecule has 1 N–H and O–H groups in total. The van der Waals surface area contributed by atoms with Gasteiger partial charge in [-0.15, -0.1) is 0 Å². The van der Waals surface area contributed by atoms with E-state index in [2.05, 4.69) is 0 Å². The van der Waals surface area contributed by atoms with Gasteiger partial charge >= 0.3 is 0 Å². The lowest BCUT2D eigenvalue weighted by Gasteiger charge is -2.30. The molecule has 2 fully saturated rings. The number of benzene rings is 2. The minimum absolute atomic E-state index is 0.0149. The largest absolute Gasteiger partial charge is 0.507 e. The molecular formula is C27H31NO5. The van der Waals surface area contributed by atoms with Crippen molar-refractivity contribution in [1.82, 2.24) is 4.90 Å². The lowest BCUT2D eigenvalue weighted by molar-refractivity contribution is -0.141. The number of ketones is 1. The molecule has 1 heterocycles. The Balaban J connectivity index is 1.81. The van der Waals surface area contributed by atoms with Gasteiger partial charge in [-0.25, -0.2) is 0 Å². The van der Waals surface area contributed by atoms with Crippen molar-refractivity contribution in [2.24, 2.45) is 0 Å². The van der Waals surface area contributed by atoms with E-state index in [1.54, 1.807) is 29.2 Å². The minimum Gasteiger partial charge on any atom is -0.507 e. The summed E-state index contributed by atoms with van der Waals surface area (Å²) in [6.45, 7) is 6.31. The lowest BCUT2D eigenvalue weighted by atomic mass is 9.94. The van der Waals surface area contributed by atoms with Crippen LogP contribution in [0, 0.1) is 0 Å². The number of aliphatic hydroxyl groups is 1. The molecule has 6 heteroatoms. The summed E-state index contributed by atoms with van der Waals surface area (Å²) >= 11 is 0. The third-order valence-electron chi connectivity index (χ3n) is 6.18. The summed E-state index contributed by atoms with van der Waals surface area (Å²) in [4.78, 5) is 28.1. The highest BCUT2D eigenvalue weighted by atomic mass is 16.5. The van der Waals surface area contributed by atoms with Gasteiger partial charge in [-0.05, 0) is 63.4 Å². The molecule has 1 aliphatic heterocycles.